The van der Waals surface area contributed by atoms with Gasteiger partial charge >= 0.3 is 5.97 Å². The van der Waals surface area contributed by atoms with Crippen LogP contribution in [-0.4, -0.2) is 34.5 Å². The molecule has 17 heavy (non-hydrogen) atoms. The average Bonchev–Trinajstić information content (AvgIpc) is 2.96. The zero-order valence-corrected chi connectivity index (χ0v) is 10.0. The van der Waals surface area contributed by atoms with Gasteiger partial charge in [0, 0.05) is 17.5 Å². The number of aliphatic carboxylic acids is 1. The highest BCUT2D eigenvalue weighted by molar-refractivity contribution is 7.10. The Morgan fingerprint density at radius 3 is 3.00 bits per heavy atom. The molecule has 5 heteroatoms. The molecule has 1 atom stereocenters. The fraction of sp³-hybridized carbons (Fsp3) is 0.333. The number of nitrogens with zero attached hydrogens (tertiary/aromatic N) is 1. The highest BCUT2D eigenvalue weighted by atomic mass is 32.1. The van der Waals surface area contributed by atoms with Gasteiger partial charge in [-0.15, -0.1) is 11.3 Å². The van der Waals surface area contributed by atoms with Crippen molar-refractivity contribution in [1.29, 1.82) is 0 Å². The molecule has 1 saturated heterocycles. The van der Waals surface area contributed by atoms with Crippen LogP contribution in [0.4, 0.5) is 0 Å². The summed E-state index contributed by atoms with van der Waals surface area (Å²) in [6, 6.07) is 3.16. The van der Waals surface area contributed by atoms with Crippen LogP contribution in [0.2, 0.25) is 0 Å². The highest BCUT2D eigenvalue weighted by Gasteiger charge is 2.32. The third-order valence-electron chi connectivity index (χ3n) is 2.75. The van der Waals surface area contributed by atoms with Crippen LogP contribution in [-0.2, 0) is 9.59 Å². The van der Waals surface area contributed by atoms with E-state index < -0.39 is 12.0 Å². The maximum atomic E-state index is 11.8. The third kappa shape index (κ3) is 2.74. The van der Waals surface area contributed by atoms with Gasteiger partial charge in [0.2, 0.25) is 5.91 Å². The Balaban J connectivity index is 2.02. The van der Waals surface area contributed by atoms with Crippen LogP contribution in [0.25, 0.3) is 6.08 Å². The minimum Gasteiger partial charge on any atom is -0.480 e. The minimum atomic E-state index is -0.916. The molecule has 1 amide bonds. The summed E-state index contributed by atoms with van der Waals surface area (Å²) in [5.41, 5.74) is 0. The van der Waals surface area contributed by atoms with Crippen molar-refractivity contribution in [3.05, 3.63) is 28.5 Å². The molecule has 0 radical (unpaired) electrons. The fourth-order valence-electron chi connectivity index (χ4n) is 1.92. The van der Waals surface area contributed by atoms with Crippen molar-refractivity contribution >= 4 is 29.3 Å². The Morgan fingerprint density at radius 2 is 2.35 bits per heavy atom. The van der Waals surface area contributed by atoms with E-state index in [4.69, 9.17) is 5.11 Å². The lowest BCUT2D eigenvalue weighted by Crippen LogP contribution is -2.39. The molecule has 0 bridgehead atoms. The van der Waals surface area contributed by atoms with Gasteiger partial charge in [-0.3, -0.25) is 4.79 Å². The smallest absolute Gasteiger partial charge is 0.326 e. The van der Waals surface area contributed by atoms with Gasteiger partial charge in [0.1, 0.15) is 6.04 Å². The van der Waals surface area contributed by atoms with Crippen LogP contribution in [0, 0.1) is 0 Å². The van der Waals surface area contributed by atoms with Crippen LogP contribution < -0.4 is 0 Å². The number of hydrogen-bond donors (Lipinski definition) is 1. The Morgan fingerprint density at radius 1 is 1.53 bits per heavy atom. The van der Waals surface area contributed by atoms with Gasteiger partial charge in [-0.1, -0.05) is 6.07 Å². The second-order valence-corrected chi connectivity index (χ2v) is 4.86. The molecule has 0 saturated carbocycles. The van der Waals surface area contributed by atoms with Crippen molar-refractivity contribution in [1.82, 2.24) is 4.90 Å². The summed E-state index contributed by atoms with van der Waals surface area (Å²) < 4.78 is 0. The van der Waals surface area contributed by atoms with Crippen LogP contribution in [0.15, 0.2) is 23.6 Å². The van der Waals surface area contributed by atoms with E-state index in [2.05, 4.69) is 0 Å². The Hall–Kier alpha value is -1.62. The van der Waals surface area contributed by atoms with E-state index in [1.54, 1.807) is 17.4 Å². The van der Waals surface area contributed by atoms with Crippen molar-refractivity contribution in [3.63, 3.8) is 0 Å². The molecule has 1 aromatic heterocycles. The zero-order chi connectivity index (χ0) is 12.3. The molecule has 1 aliphatic heterocycles. The number of carboxylic acids is 1. The summed E-state index contributed by atoms with van der Waals surface area (Å²) in [6.45, 7) is 0.532. The summed E-state index contributed by atoms with van der Waals surface area (Å²) in [7, 11) is 0. The van der Waals surface area contributed by atoms with Gasteiger partial charge in [-0.25, -0.2) is 4.79 Å². The molecule has 0 aliphatic carbocycles. The van der Waals surface area contributed by atoms with E-state index in [1.807, 2.05) is 17.5 Å². The first kappa shape index (κ1) is 11.9. The number of carbonyl (C=O) groups excluding carboxylic acids is 1. The van der Waals surface area contributed by atoms with E-state index in [9.17, 15) is 9.59 Å². The van der Waals surface area contributed by atoms with Crippen molar-refractivity contribution in [2.45, 2.75) is 18.9 Å². The average molecular weight is 251 g/mol. The molecule has 1 aliphatic rings. The van der Waals surface area contributed by atoms with Crippen molar-refractivity contribution in [3.8, 4) is 0 Å². The van der Waals surface area contributed by atoms with Gasteiger partial charge in [0.05, 0.1) is 0 Å². The maximum Gasteiger partial charge on any atom is 0.326 e. The number of amides is 1. The Kier molecular flexibility index (Phi) is 3.58. The predicted octanol–water partition coefficient (Wildman–Crippen LogP) is 1.84. The molecule has 0 spiro atoms. The second-order valence-electron chi connectivity index (χ2n) is 3.88. The fourth-order valence-corrected chi connectivity index (χ4v) is 2.54. The van der Waals surface area contributed by atoms with Crippen LogP contribution in [0.1, 0.15) is 17.7 Å². The van der Waals surface area contributed by atoms with E-state index in [-0.39, 0.29) is 5.91 Å². The van der Waals surface area contributed by atoms with Crippen molar-refractivity contribution < 1.29 is 14.7 Å². The lowest BCUT2D eigenvalue weighted by atomic mass is 10.2. The summed E-state index contributed by atoms with van der Waals surface area (Å²) in [5, 5.41) is 10.9. The van der Waals surface area contributed by atoms with Gasteiger partial charge in [-0.2, -0.15) is 0 Å². The molecule has 1 fully saturated rings. The van der Waals surface area contributed by atoms with E-state index in [0.29, 0.717) is 13.0 Å². The molecule has 4 nitrogen and oxygen atoms in total. The number of likely N-dealkylation sites (tertiary alicyclic amines) is 1. The van der Waals surface area contributed by atoms with E-state index in [1.165, 1.54) is 11.0 Å². The second kappa shape index (κ2) is 5.14. The van der Waals surface area contributed by atoms with E-state index >= 15 is 0 Å². The molecule has 2 rings (SSSR count). The standard InChI is InChI=1S/C12H13NO3S/c14-11(6-5-9-3-2-8-17-9)13-7-1-4-10(13)12(15)16/h2-3,5-6,8,10H,1,4,7H2,(H,15,16)/b6-5+/t10-/m0/s1. The quantitative estimate of drug-likeness (QED) is 0.834. The number of rotatable bonds is 3. The Bertz CT molecular complexity index is 439. The first-order chi connectivity index (χ1) is 8.18. The largest absolute Gasteiger partial charge is 0.480 e. The minimum absolute atomic E-state index is 0.219. The summed E-state index contributed by atoms with van der Waals surface area (Å²) in [6.07, 6.45) is 4.49. The topological polar surface area (TPSA) is 57.6 Å². The molecule has 0 unspecified atom stereocenters. The van der Waals surface area contributed by atoms with Gasteiger partial charge in [0.25, 0.3) is 0 Å². The molecule has 1 aromatic rings. The number of thiophene rings is 1. The molecular formula is C12H13NO3S. The molecule has 2 heterocycles. The normalized spacial score (nSPS) is 20.0. The number of carboxylic acid groups (broad SMARTS) is 1. The highest BCUT2D eigenvalue weighted by Crippen LogP contribution is 2.18. The first-order valence-electron chi connectivity index (χ1n) is 5.43. The summed E-state index contributed by atoms with van der Waals surface area (Å²) >= 11 is 1.54. The summed E-state index contributed by atoms with van der Waals surface area (Å²) in [4.78, 5) is 25.2. The molecule has 90 valence electrons. The van der Waals surface area contributed by atoms with Crippen LogP contribution in [0.3, 0.4) is 0 Å². The van der Waals surface area contributed by atoms with Crippen LogP contribution >= 0.6 is 11.3 Å². The SMILES string of the molecule is O=C(O)[C@@H]1CCCN1C(=O)/C=C/c1cccs1. The van der Waals surface area contributed by atoms with Gasteiger partial charge in [-0.05, 0) is 30.4 Å². The van der Waals surface area contributed by atoms with Gasteiger partial charge in [0.15, 0.2) is 0 Å². The van der Waals surface area contributed by atoms with E-state index in [0.717, 1.165) is 11.3 Å². The molecule has 1 N–H and O–H groups in total. The first-order valence-corrected chi connectivity index (χ1v) is 6.31. The molecular weight excluding hydrogens is 238 g/mol. The number of hydrogen-bond acceptors (Lipinski definition) is 3. The lowest BCUT2D eigenvalue weighted by Gasteiger charge is -2.19. The lowest BCUT2D eigenvalue weighted by molar-refractivity contribution is -0.146. The number of carbonyl (C=O) groups is 2. The maximum absolute atomic E-state index is 11.8. The van der Waals surface area contributed by atoms with Crippen molar-refractivity contribution in [2.75, 3.05) is 6.54 Å². The third-order valence-corrected chi connectivity index (χ3v) is 3.59. The van der Waals surface area contributed by atoms with Crippen LogP contribution in [0.5, 0.6) is 0 Å². The van der Waals surface area contributed by atoms with Crippen molar-refractivity contribution in [2.24, 2.45) is 0 Å². The molecule has 0 aromatic carbocycles. The summed E-state index contributed by atoms with van der Waals surface area (Å²) in [5.74, 6) is -1.14. The zero-order valence-electron chi connectivity index (χ0n) is 9.20. The Labute approximate surface area is 103 Å². The van der Waals surface area contributed by atoms with Gasteiger partial charge < -0.3 is 10.0 Å². The predicted molar refractivity (Wildman–Crippen MR) is 65.7 cm³/mol. The monoisotopic (exact) mass is 251 g/mol.